The van der Waals surface area contributed by atoms with Crippen molar-refractivity contribution in [1.29, 1.82) is 0 Å². The zero-order valence-electron chi connectivity index (χ0n) is 17.6. The molecule has 3 aromatic rings. The van der Waals surface area contributed by atoms with E-state index in [1.54, 1.807) is 48.7 Å². The van der Waals surface area contributed by atoms with Gasteiger partial charge >= 0.3 is 0 Å². The standard InChI is InChI=1S/C22H27N3O3S/c1-6-15-7-9-17-20(13-15)29-22(23-17)25(12-11-24(2)3)21(26)16-8-10-18(27-4)19(14-16)28-5/h7-10,13-14H,6,11-12H2,1-5H3. The molecule has 0 aliphatic carbocycles. The van der Waals surface area contributed by atoms with Crippen LogP contribution in [0, 0.1) is 0 Å². The summed E-state index contributed by atoms with van der Waals surface area (Å²) >= 11 is 1.55. The highest BCUT2D eigenvalue weighted by Crippen LogP contribution is 2.32. The van der Waals surface area contributed by atoms with Crippen LogP contribution < -0.4 is 14.4 Å². The smallest absolute Gasteiger partial charge is 0.260 e. The summed E-state index contributed by atoms with van der Waals surface area (Å²) in [5.74, 6) is 1.02. The zero-order chi connectivity index (χ0) is 21.0. The van der Waals surface area contributed by atoms with Gasteiger partial charge in [-0.3, -0.25) is 9.69 Å². The molecule has 6 nitrogen and oxygen atoms in total. The number of anilines is 1. The number of aromatic nitrogens is 1. The number of aryl methyl sites for hydroxylation is 1. The van der Waals surface area contributed by atoms with Crippen LogP contribution in [0.4, 0.5) is 5.13 Å². The van der Waals surface area contributed by atoms with Crippen LogP contribution in [-0.4, -0.2) is 57.2 Å². The van der Waals surface area contributed by atoms with E-state index in [-0.39, 0.29) is 5.91 Å². The molecule has 1 aromatic heterocycles. The fourth-order valence-corrected chi connectivity index (χ4v) is 4.06. The monoisotopic (exact) mass is 413 g/mol. The number of likely N-dealkylation sites (N-methyl/N-ethyl adjacent to an activating group) is 1. The lowest BCUT2D eigenvalue weighted by Crippen LogP contribution is -2.36. The molecule has 0 unspecified atom stereocenters. The normalized spacial score (nSPS) is 11.1. The van der Waals surface area contributed by atoms with Crippen molar-refractivity contribution in [1.82, 2.24) is 9.88 Å². The summed E-state index contributed by atoms with van der Waals surface area (Å²) in [5, 5.41) is 0.704. The number of rotatable bonds is 8. The van der Waals surface area contributed by atoms with Gasteiger partial charge in [-0.25, -0.2) is 4.98 Å². The van der Waals surface area contributed by atoms with Crippen molar-refractivity contribution in [2.45, 2.75) is 13.3 Å². The van der Waals surface area contributed by atoms with Crippen LogP contribution in [0.5, 0.6) is 11.5 Å². The third-order valence-corrected chi connectivity index (χ3v) is 5.77. The third-order valence-electron chi connectivity index (χ3n) is 4.73. The molecule has 2 aromatic carbocycles. The molecule has 0 atom stereocenters. The topological polar surface area (TPSA) is 54.9 Å². The molecule has 1 amide bonds. The Hall–Kier alpha value is -2.64. The molecular weight excluding hydrogens is 386 g/mol. The fraction of sp³-hybridized carbons (Fsp3) is 0.364. The van der Waals surface area contributed by atoms with Crippen molar-refractivity contribution in [3.63, 3.8) is 0 Å². The SMILES string of the molecule is CCc1ccc2nc(N(CCN(C)C)C(=O)c3ccc(OC)c(OC)c3)sc2c1. The first-order chi connectivity index (χ1) is 14.0. The minimum absolute atomic E-state index is 0.109. The number of methoxy groups -OCH3 is 2. The summed E-state index contributed by atoms with van der Waals surface area (Å²) in [6.07, 6.45) is 0.970. The Morgan fingerprint density at radius 2 is 1.79 bits per heavy atom. The van der Waals surface area contributed by atoms with Crippen LogP contribution >= 0.6 is 11.3 Å². The molecule has 7 heteroatoms. The first kappa shape index (κ1) is 21.1. The van der Waals surface area contributed by atoms with Crippen molar-refractivity contribution in [3.05, 3.63) is 47.5 Å². The number of benzene rings is 2. The first-order valence-corrected chi connectivity index (χ1v) is 10.4. The zero-order valence-corrected chi connectivity index (χ0v) is 18.4. The number of nitrogens with zero attached hydrogens (tertiary/aromatic N) is 3. The van der Waals surface area contributed by atoms with Gasteiger partial charge in [-0.05, 0) is 56.4 Å². The molecule has 29 heavy (non-hydrogen) atoms. The van der Waals surface area contributed by atoms with Crippen LogP contribution in [0.2, 0.25) is 0 Å². The number of amides is 1. The highest BCUT2D eigenvalue weighted by Gasteiger charge is 2.22. The molecule has 0 radical (unpaired) electrons. The summed E-state index contributed by atoms with van der Waals surface area (Å²) < 4.78 is 11.7. The highest BCUT2D eigenvalue weighted by molar-refractivity contribution is 7.22. The third kappa shape index (κ3) is 4.68. The van der Waals surface area contributed by atoms with Gasteiger partial charge in [0.2, 0.25) is 0 Å². The summed E-state index contributed by atoms with van der Waals surface area (Å²) in [6, 6.07) is 11.5. The Balaban J connectivity index is 1.99. The molecule has 3 rings (SSSR count). The second kappa shape index (κ2) is 9.24. The van der Waals surface area contributed by atoms with Crippen molar-refractivity contribution in [2.24, 2.45) is 0 Å². The maximum Gasteiger partial charge on any atom is 0.260 e. The largest absolute Gasteiger partial charge is 0.493 e. The average molecular weight is 414 g/mol. The number of carbonyl (C=O) groups excluding carboxylic acids is 1. The van der Waals surface area contributed by atoms with Crippen LogP contribution in [0.1, 0.15) is 22.8 Å². The molecule has 0 spiro atoms. The van der Waals surface area contributed by atoms with E-state index in [2.05, 4.69) is 24.0 Å². The highest BCUT2D eigenvalue weighted by atomic mass is 32.1. The maximum absolute atomic E-state index is 13.4. The summed E-state index contributed by atoms with van der Waals surface area (Å²) in [7, 11) is 7.12. The number of ether oxygens (including phenoxy) is 2. The Morgan fingerprint density at radius 1 is 1.03 bits per heavy atom. The van der Waals surface area contributed by atoms with Crippen LogP contribution in [0.25, 0.3) is 10.2 Å². The van der Waals surface area contributed by atoms with E-state index in [0.29, 0.717) is 28.7 Å². The van der Waals surface area contributed by atoms with Gasteiger partial charge in [0.15, 0.2) is 16.6 Å². The van der Waals surface area contributed by atoms with Crippen molar-refractivity contribution in [3.8, 4) is 11.5 Å². The second-order valence-electron chi connectivity index (χ2n) is 6.98. The van der Waals surface area contributed by atoms with Crippen LogP contribution in [-0.2, 0) is 6.42 Å². The van der Waals surface area contributed by atoms with Gasteiger partial charge < -0.3 is 14.4 Å². The molecular formula is C22H27N3O3S. The van der Waals surface area contributed by atoms with E-state index in [0.717, 1.165) is 23.2 Å². The molecule has 0 saturated heterocycles. The molecule has 154 valence electrons. The first-order valence-electron chi connectivity index (χ1n) is 9.55. The number of carbonyl (C=O) groups is 1. The van der Waals surface area contributed by atoms with Crippen molar-refractivity contribution >= 4 is 32.6 Å². The van der Waals surface area contributed by atoms with Crippen LogP contribution in [0.15, 0.2) is 36.4 Å². The molecule has 0 aliphatic heterocycles. The Bertz CT molecular complexity index is 1000. The molecule has 0 saturated carbocycles. The van der Waals surface area contributed by atoms with Gasteiger partial charge in [0.25, 0.3) is 5.91 Å². The minimum Gasteiger partial charge on any atom is -0.493 e. The predicted octanol–water partition coefficient (Wildman–Crippen LogP) is 4.08. The van der Waals surface area contributed by atoms with Crippen molar-refractivity contribution < 1.29 is 14.3 Å². The molecule has 0 bridgehead atoms. The van der Waals surface area contributed by atoms with E-state index >= 15 is 0 Å². The van der Waals surface area contributed by atoms with Gasteiger partial charge in [-0.15, -0.1) is 0 Å². The second-order valence-corrected chi connectivity index (χ2v) is 7.99. The van der Waals surface area contributed by atoms with Gasteiger partial charge in [0.1, 0.15) is 0 Å². The molecule has 0 aliphatic rings. The lowest BCUT2D eigenvalue weighted by atomic mass is 10.1. The molecule has 1 heterocycles. The van der Waals surface area contributed by atoms with Gasteiger partial charge in [-0.2, -0.15) is 0 Å². The number of thiazole rings is 1. The van der Waals surface area contributed by atoms with Crippen molar-refractivity contribution in [2.75, 3.05) is 46.3 Å². The van der Waals surface area contributed by atoms with E-state index in [1.165, 1.54) is 5.56 Å². The Labute approximate surface area is 175 Å². The maximum atomic E-state index is 13.4. The summed E-state index contributed by atoms with van der Waals surface area (Å²) in [6.45, 7) is 3.41. The van der Waals surface area contributed by atoms with Crippen LogP contribution in [0.3, 0.4) is 0 Å². The quantitative estimate of drug-likeness (QED) is 0.557. The summed E-state index contributed by atoms with van der Waals surface area (Å²) in [5.41, 5.74) is 2.71. The summed E-state index contributed by atoms with van der Waals surface area (Å²) in [4.78, 5) is 21.9. The fourth-order valence-electron chi connectivity index (χ4n) is 3.00. The Morgan fingerprint density at radius 3 is 2.45 bits per heavy atom. The number of hydrogen-bond donors (Lipinski definition) is 0. The number of hydrogen-bond acceptors (Lipinski definition) is 6. The Kier molecular flexibility index (Phi) is 6.71. The average Bonchev–Trinajstić information content (AvgIpc) is 3.15. The van der Waals surface area contributed by atoms with E-state index in [4.69, 9.17) is 14.5 Å². The number of fused-ring (bicyclic) bond motifs is 1. The van der Waals surface area contributed by atoms with Gasteiger partial charge in [0.05, 0.1) is 24.4 Å². The lowest BCUT2D eigenvalue weighted by molar-refractivity contribution is 0.0985. The molecule has 0 fully saturated rings. The van der Waals surface area contributed by atoms with Gasteiger partial charge in [-0.1, -0.05) is 24.3 Å². The minimum atomic E-state index is -0.109. The van der Waals surface area contributed by atoms with E-state index in [9.17, 15) is 4.79 Å². The predicted molar refractivity (Wildman–Crippen MR) is 119 cm³/mol. The molecule has 0 N–H and O–H groups in total. The van der Waals surface area contributed by atoms with E-state index < -0.39 is 0 Å². The van der Waals surface area contributed by atoms with E-state index in [1.807, 2.05) is 20.2 Å². The van der Waals surface area contributed by atoms with Gasteiger partial charge in [0, 0.05) is 18.7 Å². The lowest BCUT2D eigenvalue weighted by Gasteiger charge is -2.22.